The molecule has 0 spiro atoms. The SMILES string of the molecule is CC(=O)n1c2ccccc2c2c1cc1ccccc1[n+]2[O-]. The number of hydrogen-bond donors (Lipinski definition) is 0. The Hall–Kier alpha value is -2.88. The Labute approximate surface area is 120 Å². The topological polar surface area (TPSA) is 48.9 Å². The lowest BCUT2D eigenvalue weighted by atomic mass is 10.2. The van der Waals surface area contributed by atoms with Crippen molar-refractivity contribution in [3.63, 3.8) is 0 Å². The van der Waals surface area contributed by atoms with Crippen molar-refractivity contribution in [1.29, 1.82) is 0 Å². The standard InChI is InChI=1S/C17H12N2O2/c1-11(20)18-15-9-5-3-7-13(15)17-16(18)10-12-6-2-4-8-14(12)19(17)21/h2-10H,1H3. The maximum atomic E-state index is 12.7. The van der Waals surface area contributed by atoms with Crippen LogP contribution in [0.4, 0.5) is 0 Å². The highest BCUT2D eigenvalue weighted by Gasteiger charge is 2.21. The highest BCUT2D eigenvalue weighted by Crippen LogP contribution is 2.28. The Bertz CT molecular complexity index is 1030. The zero-order chi connectivity index (χ0) is 14.6. The van der Waals surface area contributed by atoms with Crippen molar-refractivity contribution in [1.82, 2.24) is 4.57 Å². The van der Waals surface area contributed by atoms with E-state index in [0.717, 1.165) is 21.0 Å². The molecule has 4 aromatic rings. The zero-order valence-corrected chi connectivity index (χ0v) is 11.4. The van der Waals surface area contributed by atoms with Crippen LogP contribution in [0, 0.1) is 5.21 Å². The second-order valence-electron chi connectivity index (χ2n) is 5.10. The van der Waals surface area contributed by atoms with Crippen LogP contribution in [0.25, 0.3) is 32.8 Å². The van der Waals surface area contributed by atoms with Crippen molar-refractivity contribution in [2.45, 2.75) is 6.92 Å². The molecule has 0 unspecified atom stereocenters. The molecule has 0 radical (unpaired) electrons. The van der Waals surface area contributed by atoms with Gasteiger partial charge in [0.15, 0.2) is 0 Å². The van der Waals surface area contributed by atoms with Crippen molar-refractivity contribution < 1.29 is 9.52 Å². The number of hydrogen-bond acceptors (Lipinski definition) is 2. The third-order valence-corrected chi connectivity index (χ3v) is 3.85. The molecule has 102 valence electrons. The number of carbonyl (C=O) groups is 1. The van der Waals surface area contributed by atoms with E-state index in [9.17, 15) is 10.0 Å². The van der Waals surface area contributed by atoms with Gasteiger partial charge in [-0.3, -0.25) is 9.36 Å². The summed E-state index contributed by atoms with van der Waals surface area (Å²) in [6, 6.07) is 16.8. The van der Waals surface area contributed by atoms with E-state index in [1.807, 2.05) is 48.5 Å². The average Bonchev–Trinajstić information content (AvgIpc) is 2.82. The molecule has 0 amide bonds. The van der Waals surface area contributed by atoms with Crippen LogP contribution in [0.15, 0.2) is 54.6 Å². The van der Waals surface area contributed by atoms with Crippen LogP contribution in [0.3, 0.4) is 0 Å². The molecule has 4 heteroatoms. The maximum Gasteiger partial charge on any atom is 0.250 e. The van der Waals surface area contributed by atoms with Gasteiger partial charge >= 0.3 is 0 Å². The molecule has 21 heavy (non-hydrogen) atoms. The van der Waals surface area contributed by atoms with Crippen LogP contribution >= 0.6 is 0 Å². The number of para-hydroxylation sites is 2. The van der Waals surface area contributed by atoms with Gasteiger partial charge in [0.1, 0.15) is 5.52 Å². The molecule has 0 fully saturated rings. The monoisotopic (exact) mass is 276 g/mol. The molecule has 4 rings (SSSR count). The van der Waals surface area contributed by atoms with Crippen molar-refractivity contribution >= 4 is 38.7 Å². The van der Waals surface area contributed by atoms with Gasteiger partial charge in [0, 0.05) is 18.4 Å². The summed E-state index contributed by atoms with van der Waals surface area (Å²) < 4.78 is 2.53. The summed E-state index contributed by atoms with van der Waals surface area (Å²) in [4.78, 5) is 12.0. The summed E-state index contributed by atoms with van der Waals surface area (Å²) >= 11 is 0. The predicted molar refractivity (Wildman–Crippen MR) is 82.2 cm³/mol. The van der Waals surface area contributed by atoms with Crippen molar-refractivity contribution in [2.24, 2.45) is 0 Å². The van der Waals surface area contributed by atoms with Gasteiger partial charge in [-0.25, -0.2) is 0 Å². The number of rotatable bonds is 0. The minimum Gasteiger partial charge on any atom is -0.618 e. The van der Waals surface area contributed by atoms with Gasteiger partial charge in [-0.15, -0.1) is 0 Å². The lowest BCUT2D eigenvalue weighted by molar-refractivity contribution is -0.546. The van der Waals surface area contributed by atoms with Crippen molar-refractivity contribution in [3.8, 4) is 0 Å². The second kappa shape index (κ2) is 4.06. The quantitative estimate of drug-likeness (QED) is 0.365. The van der Waals surface area contributed by atoms with Crippen molar-refractivity contribution in [2.75, 3.05) is 0 Å². The smallest absolute Gasteiger partial charge is 0.250 e. The first-order valence-corrected chi connectivity index (χ1v) is 6.74. The van der Waals surface area contributed by atoms with Crippen LogP contribution in [-0.4, -0.2) is 10.5 Å². The Morgan fingerprint density at radius 3 is 2.57 bits per heavy atom. The van der Waals surface area contributed by atoms with Gasteiger partial charge in [-0.2, -0.15) is 4.73 Å². The van der Waals surface area contributed by atoms with E-state index in [0.29, 0.717) is 16.6 Å². The van der Waals surface area contributed by atoms with Crippen LogP contribution in [0.5, 0.6) is 0 Å². The normalized spacial score (nSPS) is 11.5. The predicted octanol–water partition coefficient (Wildman–Crippen LogP) is 3.24. The van der Waals surface area contributed by atoms with E-state index < -0.39 is 0 Å². The third kappa shape index (κ3) is 1.50. The molecule has 2 aromatic heterocycles. The fourth-order valence-corrected chi connectivity index (χ4v) is 2.99. The lowest BCUT2D eigenvalue weighted by Crippen LogP contribution is -2.28. The zero-order valence-electron chi connectivity index (χ0n) is 11.4. The summed E-state index contributed by atoms with van der Waals surface area (Å²) in [6.45, 7) is 1.51. The third-order valence-electron chi connectivity index (χ3n) is 3.85. The van der Waals surface area contributed by atoms with Gasteiger partial charge < -0.3 is 5.21 Å². The Kier molecular flexibility index (Phi) is 2.30. The van der Waals surface area contributed by atoms with E-state index in [1.165, 1.54) is 6.92 Å². The minimum atomic E-state index is -0.100. The first-order valence-electron chi connectivity index (χ1n) is 6.74. The fourth-order valence-electron chi connectivity index (χ4n) is 2.99. The number of carbonyl (C=O) groups excluding carboxylic acids is 1. The molecule has 2 heterocycles. The molecule has 0 aliphatic heterocycles. The second-order valence-corrected chi connectivity index (χ2v) is 5.10. The molecule has 2 aromatic carbocycles. The highest BCUT2D eigenvalue weighted by atomic mass is 16.5. The summed E-state index contributed by atoms with van der Waals surface area (Å²) in [5, 5.41) is 14.3. The van der Waals surface area contributed by atoms with Crippen LogP contribution in [0.1, 0.15) is 11.7 Å². The number of benzene rings is 2. The van der Waals surface area contributed by atoms with Crippen LogP contribution < -0.4 is 4.73 Å². The maximum absolute atomic E-state index is 12.7. The molecule has 0 saturated heterocycles. The Balaban J connectivity index is 2.38. The van der Waals surface area contributed by atoms with Crippen molar-refractivity contribution in [3.05, 3.63) is 59.8 Å². The number of aromatic nitrogens is 2. The van der Waals surface area contributed by atoms with Crippen LogP contribution in [-0.2, 0) is 0 Å². The van der Waals surface area contributed by atoms with E-state index in [4.69, 9.17) is 0 Å². The first-order chi connectivity index (χ1) is 10.2. The molecule has 0 atom stereocenters. The fraction of sp³-hybridized carbons (Fsp3) is 0.0588. The molecule has 0 bridgehead atoms. The average molecular weight is 276 g/mol. The first kappa shape index (κ1) is 11.9. The minimum absolute atomic E-state index is 0.100. The van der Waals surface area contributed by atoms with E-state index >= 15 is 0 Å². The van der Waals surface area contributed by atoms with Gasteiger partial charge in [-0.05, 0) is 24.3 Å². The molecular formula is C17H12N2O2. The number of pyridine rings is 1. The van der Waals surface area contributed by atoms with Crippen LogP contribution in [0.2, 0.25) is 0 Å². The summed E-state index contributed by atoms with van der Waals surface area (Å²) in [5.74, 6) is -0.100. The Morgan fingerprint density at radius 2 is 1.76 bits per heavy atom. The van der Waals surface area contributed by atoms with E-state index in [-0.39, 0.29) is 5.91 Å². The van der Waals surface area contributed by atoms with Gasteiger partial charge in [-0.1, -0.05) is 24.3 Å². The molecule has 0 N–H and O–H groups in total. The number of nitrogens with zero attached hydrogens (tertiary/aromatic N) is 2. The lowest BCUT2D eigenvalue weighted by Gasteiger charge is -2.04. The van der Waals surface area contributed by atoms with E-state index in [1.54, 1.807) is 10.6 Å². The van der Waals surface area contributed by atoms with Gasteiger partial charge in [0.05, 0.1) is 10.9 Å². The molecular weight excluding hydrogens is 264 g/mol. The summed E-state index contributed by atoms with van der Waals surface area (Å²) in [7, 11) is 0. The van der Waals surface area contributed by atoms with E-state index in [2.05, 4.69) is 0 Å². The molecule has 0 aliphatic rings. The summed E-state index contributed by atoms with van der Waals surface area (Å²) in [6.07, 6.45) is 0. The molecule has 4 nitrogen and oxygen atoms in total. The highest BCUT2D eigenvalue weighted by molar-refractivity contribution is 6.11. The Morgan fingerprint density at radius 1 is 1.05 bits per heavy atom. The largest absolute Gasteiger partial charge is 0.618 e. The molecule has 0 aliphatic carbocycles. The number of fused-ring (bicyclic) bond motifs is 4. The van der Waals surface area contributed by atoms with Gasteiger partial charge in [0.2, 0.25) is 11.4 Å². The molecule has 0 saturated carbocycles. The van der Waals surface area contributed by atoms with Gasteiger partial charge in [0.25, 0.3) is 5.52 Å². The summed E-state index contributed by atoms with van der Waals surface area (Å²) in [5.41, 5.74) is 2.56.